The van der Waals surface area contributed by atoms with Crippen LogP contribution in [-0.4, -0.2) is 71.3 Å². The molecule has 8 heteroatoms. The Balaban J connectivity index is 1.52. The molecule has 1 unspecified atom stereocenters. The highest BCUT2D eigenvalue weighted by molar-refractivity contribution is 5.82. The molecule has 0 spiro atoms. The molecule has 1 N–H and O–H groups in total. The molecule has 0 saturated carbocycles. The highest BCUT2D eigenvalue weighted by Crippen LogP contribution is 2.20. The van der Waals surface area contributed by atoms with E-state index in [1.54, 1.807) is 11.1 Å². The second-order valence-corrected chi connectivity index (χ2v) is 8.46. The fraction of sp³-hybridized carbons (Fsp3) is 0.667. The molecule has 1 fully saturated rings. The van der Waals surface area contributed by atoms with Gasteiger partial charge in [0.15, 0.2) is 5.96 Å². The highest BCUT2D eigenvalue weighted by Gasteiger charge is 2.36. The summed E-state index contributed by atoms with van der Waals surface area (Å²) in [6.45, 7) is 11.8. The summed E-state index contributed by atoms with van der Waals surface area (Å²) in [6, 6.07) is 4.13. The summed E-state index contributed by atoms with van der Waals surface area (Å²) >= 11 is 0. The number of ether oxygens (including phenoxy) is 2. The first kappa shape index (κ1) is 21.2. The Morgan fingerprint density at radius 3 is 2.93 bits per heavy atom. The summed E-state index contributed by atoms with van der Waals surface area (Å²) in [4.78, 5) is 25.4. The molecule has 3 rings (SSSR count). The fourth-order valence-electron chi connectivity index (χ4n) is 3.40. The van der Waals surface area contributed by atoms with Crippen LogP contribution in [0.15, 0.2) is 23.3 Å². The third-order valence-corrected chi connectivity index (χ3v) is 4.88. The molecule has 1 aromatic rings. The monoisotopic (exact) mass is 403 g/mol. The minimum Gasteiger partial charge on any atom is -0.477 e. The predicted octanol–water partition coefficient (Wildman–Crippen LogP) is 2.64. The number of hydrogen-bond acceptors (Lipinski definition) is 7. The Morgan fingerprint density at radius 1 is 1.34 bits per heavy atom. The number of amides is 1. The Bertz CT molecular complexity index is 731. The second kappa shape index (κ2) is 9.33. The van der Waals surface area contributed by atoms with Gasteiger partial charge in [-0.3, -0.25) is 4.99 Å². The van der Waals surface area contributed by atoms with Crippen molar-refractivity contribution >= 4 is 12.1 Å². The van der Waals surface area contributed by atoms with Crippen molar-refractivity contribution < 1.29 is 14.3 Å². The van der Waals surface area contributed by atoms with Gasteiger partial charge in [0.25, 0.3) is 0 Å². The maximum atomic E-state index is 12.4. The lowest BCUT2D eigenvalue weighted by Crippen LogP contribution is -2.57. The summed E-state index contributed by atoms with van der Waals surface area (Å²) < 4.78 is 11.3. The number of aromatic nitrogens is 1. The highest BCUT2D eigenvalue weighted by atomic mass is 16.6. The van der Waals surface area contributed by atoms with Crippen LogP contribution in [0.5, 0.6) is 5.88 Å². The van der Waals surface area contributed by atoms with Gasteiger partial charge in [0.2, 0.25) is 5.88 Å². The lowest BCUT2D eigenvalue weighted by molar-refractivity contribution is 0.0137. The number of carbonyl (C=O) groups is 1. The van der Waals surface area contributed by atoms with Gasteiger partial charge in [0.05, 0.1) is 19.2 Å². The number of hydrogen-bond donors (Lipinski definition) is 1. The van der Waals surface area contributed by atoms with E-state index in [0.29, 0.717) is 38.7 Å². The van der Waals surface area contributed by atoms with Crippen LogP contribution in [0.4, 0.5) is 4.79 Å². The first-order valence-corrected chi connectivity index (χ1v) is 10.5. The molecule has 1 atom stereocenters. The van der Waals surface area contributed by atoms with Gasteiger partial charge in [0, 0.05) is 37.9 Å². The van der Waals surface area contributed by atoms with E-state index >= 15 is 0 Å². The number of rotatable bonds is 6. The quantitative estimate of drug-likeness (QED) is 0.736. The molecule has 8 nitrogen and oxygen atoms in total. The van der Waals surface area contributed by atoms with E-state index < -0.39 is 5.60 Å². The van der Waals surface area contributed by atoms with Crippen molar-refractivity contribution in [3.63, 3.8) is 0 Å². The largest absolute Gasteiger partial charge is 0.477 e. The van der Waals surface area contributed by atoms with E-state index in [0.717, 1.165) is 30.9 Å². The van der Waals surface area contributed by atoms with Crippen molar-refractivity contribution in [1.82, 2.24) is 20.1 Å². The van der Waals surface area contributed by atoms with Gasteiger partial charge in [-0.05, 0) is 33.3 Å². The minimum absolute atomic E-state index is 0.188. The van der Waals surface area contributed by atoms with Crippen molar-refractivity contribution in [3.05, 3.63) is 23.9 Å². The van der Waals surface area contributed by atoms with Crippen LogP contribution >= 0.6 is 0 Å². The number of nitrogens with zero attached hydrogens (tertiary/aromatic N) is 4. The third-order valence-electron chi connectivity index (χ3n) is 4.88. The molecular formula is C21H33N5O3. The smallest absolute Gasteiger partial charge is 0.410 e. The number of carbonyl (C=O) groups excluding carboxylic acids is 1. The Labute approximate surface area is 173 Å². The first-order valence-electron chi connectivity index (χ1n) is 10.5. The summed E-state index contributed by atoms with van der Waals surface area (Å²) in [6.07, 6.45) is 3.61. The van der Waals surface area contributed by atoms with E-state index in [-0.39, 0.29) is 12.1 Å². The van der Waals surface area contributed by atoms with Crippen LogP contribution in [0.1, 0.15) is 46.1 Å². The van der Waals surface area contributed by atoms with Gasteiger partial charge in [0.1, 0.15) is 5.60 Å². The number of guanidine groups is 1. The maximum absolute atomic E-state index is 12.4. The summed E-state index contributed by atoms with van der Waals surface area (Å²) in [7, 11) is 0. The standard InChI is InChI=1S/C21H33N5O3/c1-5-6-12-28-18-16(8-7-9-22-18)13-23-19-24-14-17-15-25(10-11-26(17)19)20(27)29-21(2,3)4/h7-9,17H,5-6,10-15H2,1-4H3,(H,23,24). The molecule has 3 heterocycles. The Morgan fingerprint density at radius 2 is 2.17 bits per heavy atom. The number of nitrogens with one attached hydrogen (secondary N) is 1. The normalized spacial score (nSPS) is 18.9. The zero-order chi connectivity index (χ0) is 20.9. The van der Waals surface area contributed by atoms with Crippen molar-refractivity contribution in [1.29, 1.82) is 0 Å². The molecule has 2 aliphatic rings. The predicted molar refractivity (Wildman–Crippen MR) is 112 cm³/mol. The van der Waals surface area contributed by atoms with E-state index in [1.807, 2.05) is 32.9 Å². The SMILES string of the molecule is CCCCOc1ncccc1CNC1=NCC2CN(C(=O)OC(C)(C)C)CCN12. The van der Waals surface area contributed by atoms with Gasteiger partial charge in [-0.25, -0.2) is 9.78 Å². The Hall–Kier alpha value is -2.51. The van der Waals surface area contributed by atoms with Crippen LogP contribution in [0.25, 0.3) is 0 Å². The zero-order valence-corrected chi connectivity index (χ0v) is 18.0. The van der Waals surface area contributed by atoms with E-state index in [1.165, 1.54) is 0 Å². The average Bonchev–Trinajstić information content (AvgIpc) is 3.08. The molecule has 0 bridgehead atoms. The fourth-order valence-corrected chi connectivity index (χ4v) is 3.40. The van der Waals surface area contributed by atoms with Gasteiger partial charge >= 0.3 is 6.09 Å². The number of fused-ring (bicyclic) bond motifs is 1. The number of unbranched alkanes of at least 4 members (excludes halogenated alkanes) is 1. The van der Waals surface area contributed by atoms with Crippen molar-refractivity contribution in [2.45, 2.75) is 58.7 Å². The van der Waals surface area contributed by atoms with Crippen LogP contribution in [-0.2, 0) is 11.3 Å². The molecule has 1 saturated heterocycles. The van der Waals surface area contributed by atoms with Crippen LogP contribution in [0.3, 0.4) is 0 Å². The Kier molecular flexibility index (Phi) is 6.82. The molecule has 0 radical (unpaired) electrons. The summed E-state index contributed by atoms with van der Waals surface area (Å²) in [5.74, 6) is 1.56. The zero-order valence-electron chi connectivity index (χ0n) is 18.0. The topological polar surface area (TPSA) is 79.3 Å². The molecular weight excluding hydrogens is 370 g/mol. The maximum Gasteiger partial charge on any atom is 0.410 e. The van der Waals surface area contributed by atoms with E-state index in [2.05, 4.69) is 27.1 Å². The van der Waals surface area contributed by atoms with Gasteiger partial charge in [-0.2, -0.15) is 0 Å². The average molecular weight is 404 g/mol. The molecule has 0 aromatic carbocycles. The molecule has 160 valence electrons. The lowest BCUT2D eigenvalue weighted by atomic mass is 10.2. The van der Waals surface area contributed by atoms with E-state index in [4.69, 9.17) is 9.47 Å². The van der Waals surface area contributed by atoms with Crippen molar-refractivity contribution in [2.75, 3.05) is 32.8 Å². The molecule has 29 heavy (non-hydrogen) atoms. The number of piperazine rings is 1. The third kappa shape index (κ3) is 5.74. The number of pyridine rings is 1. The number of aliphatic imine (C=N–C) groups is 1. The molecule has 1 amide bonds. The van der Waals surface area contributed by atoms with Crippen LogP contribution in [0.2, 0.25) is 0 Å². The van der Waals surface area contributed by atoms with Crippen LogP contribution < -0.4 is 10.1 Å². The van der Waals surface area contributed by atoms with E-state index in [9.17, 15) is 4.79 Å². The summed E-state index contributed by atoms with van der Waals surface area (Å²) in [5.41, 5.74) is 0.537. The van der Waals surface area contributed by atoms with Crippen molar-refractivity contribution in [3.8, 4) is 5.88 Å². The van der Waals surface area contributed by atoms with Gasteiger partial charge in [-0.1, -0.05) is 19.4 Å². The minimum atomic E-state index is -0.478. The molecule has 1 aromatic heterocycles. The van der Waals surface area contributed by atoms with Crippen molar-refractivity contribution in [2.24, 2.45) is 4.99 Å². The molecule has 0 aliphatic carbocycles. The van der Waals surface area contributed by atoms with Crippen LogP contribution in [0, 0.1) is 0 Å². The molecule has 2 aliphatic heterocycles. The summed E-state index contributed by atoms with van der Waals surface area (Å²) in [5, 5.41) is 3.43. The van der Waals surface area contributed by atoms with Gasteiger partial charge in [-0.15, -0.1) is 0 Å². The van der Waals surface area contributed by atoms with Gasteiger partial charge < -0.3 is 24.6 Å². The first-order chi connectivity index (χ1) is 13.9. The second-order valence-electron chi connectivity index (χ2n) is 8.46. The lowest BCUT2D eigenvalue weighted by Gasteiger charge is -2.39.